The molecule has 1 saturated heterocycles. The first-order valence-corrected chi connectivity index (χ1v) is 14.0. The standard InChI is InChI=1S/C29H26F3N3O3S/c30-18-4-3-5-19(14-18)34(28(38)22-8-9-24(36)35(22)23-15-39-16-33-23)26-21-7-2-1-6-20(21)25(27(26)37)17-10-12-29(31,32)13-11-17/h1-7,14-17,22,25-26H,8-13H2/t22-,25?,26-/m0/s1. The van der Waals surface area contributed by atoms with Gasteiger partial charge in [-0.3, -0.25) is 24.2 Å². The number of nitrogens with zero attached hydrogens (tertiary/aromatic N) is 3. The third kappa shape index (κ3) is 4.54. The third-order valence-electron chi connectivity index (χ3n) is 8.18. The maximum atomic E-state index is 14.5. The fraction of sp³-hybridized carbons (Fsp3) is 0.379. The highest BCUT2D eigenvalue weighted by atomic mass is 32.1. The summed E-state index contributed by atoms with van der Waals surface area (Å²) in [5.74, 6) is -4.92. The van der Waals surface area contributed by atoms with E-state index in [0.717, 1.165) is 5.56 Å². The van der Waals surface area contributed by atoms with Crippen molar-refractivity contribution >= 4 is 40.4 Å². The predicted octanol–water partition coefficient (Wildman–Crippen LogP) is 6.04. The molecule has 0 radical (unpaired) electrons. The average Bonchev–Trinajstić information content (AvgIpc) is 3.63. The van der Waals surface area contributed by atoms with E-state index in [2.05, 4.69) is 4.98 Å². The van der Waals surface area contributed by atoms with Gasteiger partial charge in [0.2, 0.25) is 11.8 Å². The van der Waals surface area contributed by atoms with Crippen LogP contribution in [0.3, 0.4) is 0 Å². The van der Waals surface area contributed by atoms with Gasteiger partial charge in [-0.1, -0.05) is 30.3 Å². The van der Waals surface area contributed by atoms with E-state index in [1.807, 2.05) is 6.07 Å². The second kappa shape index (κ2) is 9.89. The van der Waals surface area contributed by atoms with Crippen LogP contribution in [0.15, 0.2) is 59.4 Å². The van der Waals surface area contributed by atoms with Gasteiger partial charge in [-0.15, -0.1) is 11.3 Å². The number of aromatic nitrogens is 1. The van der Waals surface area contributed by atoms with Crippen LogP contribution in [0.5, 0.6) is 0 Å². The first-order chi connectivity index (χ1) is 18.7. The topological polar surface area (TPSA) is 70.6 Å². The Morgan fingerprint density at radius 1 is 1.03 bits per heavy atom. The first-order valence-electron chi connectivity index (χ1n) is 13.0. The number of anilines is 2. The van der Waals surface area contributed by atoms with Crippen LogP contribution in [0.1, 0.15) is 61.6 Å². The fourth-order valence-corrected chi connectivity index (χ4v) is 6.91. The van der Waals surface area contributed by atoms with E-state index in [0.29, 0.717) is 11.4 Å². The summed E-state index contributed by atoms with van der Waals surface area (Å²) >= 11 is 1.29. The number of fused-ring (bicyclic) bond motifs is 1. The lowest BCUT2D eigenvalue weighted by Gasteiger charge is -2.35. The van der Waals surface area contributed by atoms with Crippen LogP contribution < -0.4 is 9.80 Å². The Morgan fingerprint density at radius 2 is 1.77 bits per heavy atom. The fourth-order valence-electron chi connectivity index (χ4n) is 6.39. The van der Waals surface area contributed by atoms with Gasteiger partial charge in [0, 0.05) is 36.2 Å². The predicted molar refractivity (Wildman–Crippen MR) is 140 cm³/mol. The molecule has 2 aromatic carbocycles. The maximum absolute atomic E-state index is 14.5. The molecule has 2 heterocycles. The number of alkyl halides is 2. The number of ketones is 1. The van der Waals surface area contributed by atoms with Crippen LogP contribution in [0.2, 0.25) is 0 Å². The van der Waals surface area contributed by atoms with Gasteiger partial charge in [0.15, 0.2) is 5.78 Å². The van der Waals surface area contributed by atoms with E-state index in [4.69, 9.17) is 0 Å². The van der Waals surface area contributed by atoms with Gasteiger partial charge in [-0.25, -0.2) is 18.2 Å². The zero-order chi connectivity index (χ0) is 27.3. The molecule has 2 amide bonds. The normalized spacial score (nSPS) is 24.7. The number of hydrogen-bond acceptors (Lipinski definition) is 5. The highest BCUT2D eigenvalue weighted by Crippen LogP contribution is 2.51. The summed E-state index contributed by atoms with van der Waals surface area (Å²) in [6.07, 6.45) is 0.200. The number of benzene rings is 2. The zero-order valence-electron chi connectivity index (χ0n) is 20.9. The molecular weight excluding hydrogens is 527 g/mol. The number of carbonyl (C=O) groups excluding carboxylic acids is 3. The molecule has 3 atom stereocenters. The van der Waals surface area contributed by atoms with E-state index in [1.54, 1.807) is 35.2 Å². The monoisotopic (exact) mass is 553 g/mol. The van der Waals surface area contributed by atoms with E-state index in [1.165, 1.54) is 39.3 Å². The molecule has 1 saturated carbocycles. The van der Waals surface area contributed by atoms with Gasteiger partial charge in [0.1, 0.15) is 23.7 Å². The summed E-state index contributed by atoms with van der Waals surface area (Å²) in [7, 11) is 0. The number of halogens is 3. The van der Waals surface area contributed by atoms with Crippen molar-refractivity contribution in [2.45, 2.75) is 62.4 Å². The molecule has 3 aromatic rings. The van der Waals surface area contributed by atoms with Crippen molar-refractivity contribution in [1.82, 2.24) is 4.98 Å². The van der Waals surface area contributed by atoms with Crippen LogP contribution in [-0.4, -0.2) is 34.5 Å². The maximum Gasteiger partial charge on any atom is 0.251 e. The Bertz CT molecular complexity index is 1420. The molecule has 6 nitrogen and oxygen atoms in total. The summed E-state index contributed by atoms with van der Waals surface area (Å²) in [5, 5.41) is 1.68. The van der Waals surface area contributed by atoms with Gasteiger partial charge >= 0.3 is 0 Å². The van der Waals surface area contributed by atoms with E-state index in [9.17, 15) is 27.6 Å². The number of Topliss-reactive ketones (excluding diaryl/α,β-unsaturated/α-hetero) is 1. The van der Waals surface area contributed by atoms with Gasteiger partial charge in [-0.2, -0.15) is 0 Å². The van der Waals surface area contributed by atoms with Gasteiger partial charge in [0.25, 0.3) is 5.91 Å². The van der Waals surface area contributed by atoms with Crippen molar-refractivity contribution in [2.24, 2.45) is 5.92 Å². The Morgan fingerprint density at radius 3 is 2.46 bits per heavy atom. The number of hydrogen-bond donors (Lipinski definition) is 0. The quantitative estimate of drug-likeness (QED) is 0.386. The van der Waals surface area contributed by atoms with Crippen molar-refractivity contribution in [3.05, 3.63) is 76.4 Å². The second-order valence-corrected chi connectivity index (χ2v) is 11.2. The molecule has 1 aliphatic heterocycles. The van der Waals surface area contributed by atoms with Gasteiger partial charge in [0.05, 0.1) is 5.51 Å². The molecular formula is C29H26F3N3O3S. The summed E-state index contributed by atoms with van der Waals surface area (Å²) in [6.45, 7) is 0. The van der Waals surface area contributed by atoms with Crippen LogP contribution in [0.25, 0.3) is 0 Å². The van der Waals surface area contributed by atoms with E-state index < -0.39 is 35.6 Å². The number of carbonyl (C=O) groups is 3. The van der Waals surface area contributed by atoms with Crippen LogP contribution in [0, 0.1) is 11.7 Å². The van der Waals surface area contributed by atoms with Crippen LogP contribution >= 0.6 is 11.3 Å². The molecule has 1 aromatic heterocycles. The minimum atomic E-state index is -2.74. The summed E-state index contributed by atoms with van der Waals surface area (Å²) < 4.78 is 42.4. The van der Waals surface area contributed by atoms with Gasteiger partial charge in [-0.05, 0) is 54.5 Å². The molecule has 10 heteroatoms. The minimum absolute atomic E-state index is 0.138. The summed E-state index contributed by atoms with van der Waals surface area (Å²) in [6, 6.07) is 10.6. The van der Waals surface area contributed by atoms with E-state index in [-0.39, 0.29) is 61.8 Å². The lowest BCUT2D eigenvalue weighted by molar-refractivity contribution is -0.127. The molecule has 0 spiro atoms. The summed E-state index contributed by atoms with van der Waals surface area (Å²) in [4.78, 5) is 48.3. The lowest BCUT2D eigenvalue weighted by atomic mass is 9.76. The van der Waals surface area contributed by atoms with E-state index >= 15 is 0 Å². The number of amides is 2. The molecule has 2 fully saturated rings. The molecule has 2 aliphatic carbocycles. The van der Waals surface area contributed by atoms with Crippen LogP contribution in [0.4, 0.5) is 24.7 Å². The second-order valence-electron chi connectivity index (χ2n) is 10.5. The highest BCUT2D eigenvalue weighted by molar-refractivity contribution is 7.07. The van der Waals surface area contributed by atoms with Crippen molar-refractivity contribution in [2.75, 3.05) is 9.80 Å². The lowest BCUT2D eigenvalue weighted by Crippen LogP contribution is -2.50. The van der Waals surface area contributed by atoms with Crippen molar-refractivity contribution in [3.8, 4) is 0 Å². The molecule has 202 valence electrons. The molecule has 6 rings (SSSR count). The SMILES string of the molecule is O=C1C(C2CCC(F)(F)CC2)c2ccccc2[C@@H]1N(C(=O)[C@@H]1CCC(=O)N1c1cscn1)c1cccc(F)c1. The largest absolute Gasteiger partial charge is 0.296 e. The van der Waals surface area contributed by atoms with Crippen molar-refractivity contribution in [1.29, 1.82) is 0 Å². The first kappa shape index (κ1) is 25.7. The van der Waals surface area contributed by atoms with Crippen molar-refractivity contribution < 1.29 is 27.6 Å². The molecule has 3 aliphatic rings. The number of rotatable bonds is 5. The number of thiazole rings is 1. The Labute approximate surface area is 227 Å². The smallest absolute Gasteiger partial charge is 0.251 e. The highest BCUT2D eigenvalue weighted by Gasteiger charge is 2.51. The van der Waals surface area contributed by atoms with Crippen LogP contribution in [-0.2, 0) is 14.4 Å². The Balaban J connectivity index is 1.43. The Kier molecular flexibility index (Phi) is 6.53. The average molecular weight is 554 g/mol. The molecule has 1 unspecified atom stereocenters. The third-order valence-corrected chi connectivity index (χ3v) is 8.75. The molecule has 0 bridgehead atoms. The van der Waals surface area contributed by atoms with Crippen molar-refractivity contribution in [3.63, 3.8) is 0 Å². The molecule has 0 N–H and O–H groups in total. The van der Waals surface area contributed by atoms with Gasteiger partial charge < -0.3 is 0 Å². The molecule has 39 heavy (non-hydrogen) atoms. The summed E-state index contributed by atoms with van der Waals surface area (Å²) in [5.41, 5.74) is 3.09. The Hall–Kier alpha value is -3.53. The minimum Gasteiger partial charge on any atom is -0.296 e. The zero-order valence-corrected chi connectivity index (χ0v) is 21.8.